The lowest BCUT2D eigenvalue weighted by atomic mass is 10.1. The fraction of sp³-hybridized carbons (Fsp3) is 0.333. The molecule has 1 aromatic carbocycles. The first-order valence-electron chi connectivity index (χ1n) is 4.28. The van der Waals surface area contributed by atoms with Crippen LogP contribution in [0.25, 0.3) is 0 Å². The minimum Gasteiger partial charge on any atom is -0.377 e. The van der Waals surface area contributed by atoms with E-state index in [-0.39, 0.29) is 10.5 Å². The highest BCUT2D eigenvalue weighted by Crippen LogP contribution is 2.24. The van der Waals surface area contributed by atoms with Crippen LogP contribution in [0.3, 0.4) is 0 Å². The molecule has 2 nitrogen and oxygen atoms in total. The van der Waals surface area contributed by atoms with Gasteiger partial charge in [0.05, 0.1) is 16.2 Å². The van der Waals surface area contributed by atoms with Crippen molar-refractivity contribution in [3.8, 4) is 0 Å². The number of rotatable bonds is 2. The normalized spacial score (nSPS) is 16.5. The Balaban J connectivity index is 2.19. The zero-order chi connectivity index (χ0) is 10.1. The summed E-state index contributed by atoms with van der Waals surface area (Å²) in [5.41, 5.74) is 0.338. The Hall–Kier alpha value is -0.680. The monoisotopic (exact) mass is 262 g/mol. The van der Waals surface area contributed by atoms with Gasteiger partial charge in [-0.3, -0.25) is 0 Å². The first-order chi connectivity index (χ1) is 6.66. The van der Waals surface area contributed by atoms with Gasteiger partial charge in [0.2, 0.25) is 0 Å². The molecule has 1 aromatic rings. The second kappa shape index (κ2) is 3.82. The van der Waals surface area contributed by atoms with Gasteiger partial charge in [0, 0.05) is 19.2 Å². The topological polar surface area (TPSA) is 24.1 Å². The van der Waals surface area contributed by atoms with Gasteiger partial charge in [0.1, 0.15) is 11.6 Å². The summed E-state index contributed by atoms with van der Waals surface area (Å²) in [6.07, 6.45) is 0. The molecular weight excluding hydrogens is 254 g/mol. The summed E-state index contributed by atoms with van der Waals surface area (Å²) in [4.78, 5) is 0. The van der Waals surface area contributed by atoms with Gasteiger partial charge in [-0.1, -0.05) is 0 Å². The number of hydrogen-bond acceptors (Lipinski definition) is 2. The third-order valence-electron chi connectivity index (χ3n) is 2.15. The molecule has 5 heteroatoms. The van der Waals surface area contributed by atoms with Gasteiger partial charge in [0.15, 0.2) is 0 Å². The molecule has 1 saturated heterocycles. The van der Waals surface area contributed by atoms with Crippen LogP contribution in [0.2, 0.25) is 0 Å². The summed E-state index contributed by atoms with van der Waals surface area (Å²) in [5.74, 6) is -1.14. The molecule has 0 aromatic heterocycles. The van der Waals surface area contributed by atoms with Gasteiger partial charge in [0.25, 0.3) is 0 Å². The highest BCUT2D eigenvalue weighted by Gasteiger charge is 2.18. The van der Waals surface area contributed by atoms with Crippen molar-refractivity contribution in [2.75, 3.05) is 18.4 Å². The van der Waals surface area contributed by atoms with Crippen LogP contribution in [-0.2, 0) is 0 Å². The smallest absolute Gasteiger partial charge is 0.149 e. The third kappa shape index (κ3) is 1.88. The number of anilines is 1. The third-order valence-corrected chi connectivity index (χ3v) is 2.76. The van der Waals surface area contributed by atoms with Gasteiger partial charge in [-0.25, -0.2) is 8.78 Å². The highest BCUT2D eigenvalue weighted by atomic mass is 79.9. The maximum atomic E-state index is 13.2. The standard InChI is InChI=1S/C9H9BrF2N2/c10-6-1-9(8(12)2-7(6)11)14-5-3-13-4-5/h1-2,5,13-14H,3-4H2. The average molecular weight is 263 g/mol. The van der Waals surface area contributed by atoms with E-state index in [9.17, 15) is 8.78 Å². The van der Waals surface area contributed by atoms with Crippen LogP contribution < -0.4 is 10.6 Å². The molecule has 0 bridgehead atoms. The first-order valence-corrected chi connectivity index (χ1v) is 5.08. The molecule has 2 N–H and O–H groups in total. The Morgan fingerprint density at radius 1 is 1.29 bits per heavy atom. The summed E-state index contributed by atoms with van der Waals surface area (Å²) in [7, 11) is 0. The molecule has 0 amide bonds. The van der Waals surface area contributed by atoms with Crippen LogP contribution in [-0.4, -0.2) is 19.1 Å². The molecule has 14 heavy (non-hydrogen) atoms. The lowest BCUT2D eigenvalue weighted by Gasteiger charge is -2.29. The molecule has 1 heterocycles. The van der Waals surface area contributed by atoms with Crippen LogP contribution in [0, 0.1) is 11.6 Å². The van der Waals surface area contributed by atoms with Crippen LogP contribution in [0.1, 0.15) is 0 Å². The Labute approximate surface area is 88.8 Å². The van der Waals surface area contributed by atoms with Crippen molar-refractivity contribution in [2.24, 2.45) is 0 Å². The fourth-order valence-electron chi connectivity index (χ4n) is 1.24. The maximum Gasteiger partial charge on any atom is 0.149 e. The van der Waals surface area contributed by atoms with E-state index in [1.165, 1.54) is 6.07 Å². The Morgan fingerprint density at radius 3 is 2.57 bits per heavy atom. The van der Waals surface area contributed by atoms with Crippen molar-refractivity contribution < 1.29 is 8.78 Å². The van der Waals surface area contributed by atoms with Gasteiger partial charge in [-0.05, 0) is 22.0 Å². The highest BCUT2D eigenvalue weighted by molar-refractivity contribution is 9.10. The fourth-order valence-corrected chi connectivity index (χ4v) is 1.59. The van der Waals surface area contributed by atoms with E-state index in [4.69, 9.17) is 0 Å². The Kier molecular flexibility index (Phi) is 2.69. The van der Waals surface area contributed by atoms with E-state index in [2.05, 4.69) is 26.6 Å². The molecule has 1 aliphatic rings. The number of benzene rings is 1. The average Bonchev–Trinajstić information content (AvgIpc) is 2.06. The van der Waals surface area contributed by atoms with Gasteiger partial charge in [-0.2, -0.15) is 0 Å². The minimum atomic E-state index is -0.584. The minimum absolute atomic E-state index is 0.238. The molecule has 0 aliphatic carbocycles. The molecule has 1 aliphatic heterocycles. The van der Waals surface area contributed by atoms with E-state index in [0.29, 0.717) is 5.69 Å². The van der Waals surface area contributed by atoms with Crippen LogP contribution >= 0.6 is 15.9 Å². The quantitative estimate of drug-likeness (QED) is 0.798. The molecular formula is C9H9BrF2N2. The number of nitrogens with one attached hydrogen (secondary N) is 2. The van der Waals surface area contributed by atoms with Crippen molar-refractivity contribution in [3.63, 3.8) is 0 Å². The van der Waals surface area contributed by atoms with E-state index >= 15 is 0 Å². The predicted octanol–water partition coefficient (Wildman–Crippen LogP) is 2.11. The number of halogens is 3. The second-order valence-electron chi connectivity index (χ2n) is 3.25. The molecule has 0 unspecified atom stereocenters. The van der Waals surface area contributed by atoms with E-state index < -0.39 is 11.6 Å². The Bertz CT molecular complexity index is 353. The van der Waals surface area contributed by atoms with Crippen molar-refractivity contribution in [2.45, 2.75) is 6.04 Å². The van der Waals surface area contributed by atoms with Crippen LogP contribution in [0.5, 0.6) is 0 Å². The van der Waals surface area contributed by atoms with Gasteiger partial charge < -0.3 is 10.6 Å². The molecule has 76 valence electrons. The predicted molar refractivity (Wildman–Crippen MR) is 54.3 cm³/mol. The summed E-state index contributed by atoms with van der Waals surface area (Å²) in [6.45, 7) is 1.63. The number of hydrogen-bond donors (Lipinski definition) is 2. The molecule has 0 saturated carbocycles. The largest absolute Gasteiger partial charge is 0.377 e. The molecule has 2 rings (SSSR count). The van der Waals surface area contributed by atoms with Crippen molar-refractivity contribution in [1.29, 1.82) is 0 Å². The van der Waals surface area contributed by atoms with Crippen LogP contribution in [0.4, 0.5) is 14.5 Å². The summed E-state index contributed by atoms with van der Waals surface area (Å²) in [5, 5.41) is 6.04. The van der Waals surface area contributed by atoms with E-state index in [1.54, 1.807) is 0 Å². The Morgan fingerprint density at radius 2 is 2.00 bits per heavy atom. The van der Waals surface area contributed by atoms with Gasteiger partial charge >= 0.3 is 0 Å². The zero-order valence-electron chi connectivity index (χ0n) is 7.28. The molecule has 1 fully saturated rings. The van der Waals surface area contributed by atoms with Crippen LogP contribution in [0.15, 0.2) is 16.6 Å². The van der Waals surface area contributed by atoms with Crippen molar-refractivity contribution in [3.05, 3.63) is 28.2 Å². The lowest BCUT2D eigenvalue weighted by Crippen LogP contribution is -2.51. The van der Waals surface area contributed by atoms with Crippen molar-refractivity contribution in [1.82, 2.24) is 5.32 Å². The SMILES string of the molecule is Fc1cc(F)c(NC2CNC2)cc1Br. The van der Waals surface area contributed by atoms with E-state index in [1.807, 2.05) is 0 Å². The molecule has 0 radical (unpaired) electrons. The maximum absolute atomic E-state index is 13.2. The molecule has 0 spiro atoms. The second-order valence-corrected chi connectivity index (χ2v) is 4.10. The van der Waals surface area contributed by atoms with E-state index in [0.717, 1.165) is 19.2 Å². The molecule has 0 atom stereocenters. The lowest BCUT2D eigenvalue weighted by molar-refractivity contribution is 0.469. The zero-order valence-corrected chi connectivity index (χ0v) is 8.87. The van der Waals surface area contributed by atoms with Crippen molar-refractivity contribution >= 4 is 21.6 Å². The van der Waals surface area contributed by atoms with Gasteiger partial charge in [-0.15, -0.1) is 0 Å². The first kappa shape index (κ1) is 9.86. The summed E-state index contributed by atoms with van der Waals surface area (Å²) >= 11 is 3.01. The summed E-state index contributed by atoms with van der Waals surface area (Å²) < 4.78 is 26.3. The summed E-state index contributed by atoms with van der Waals surface area (Å²) in [6, 6.07) is 2.53.